The second kappa shape index (κ2) is 5.31. The predicted octanol–water partition coefficient (Wildman–Crippen LogP) is 0.987. The molecule has 5 nitrogen and oxygen atoms in total. The van der Waals surface area contributed by atoms with Crippen molar-refractivity contribution >= 4 is 5.91 Å². The molecule has 0 bridgehead atoms. The molecule has 0 radical (unpaired) electrons. The summed E-state index contributed by atoms with van der Waals surface area (Å²) in [4.78, 5) is 16.0. The summed E-state index contributed by atoms with van der Waals surface area (Å²) in [6.07, 6.45) is 3.90. The van der Waals surface area contributed by atoms with E-state index >= 15 is 0 Å². The average Bonchev–Trinajstić information content (AvgIpc) is 2.73. The third-order valence-electron chi connectivity index (χ3n) is 3.13. The van der Waals surface area contributed by atoms with Crippen LogP contribution in [0.3, 0.4) is 0 Å². The van der Waals surface area contributed by atoms with Gasteiger partial charge in [0.05, 0.1) is 18.8 Å². The van der Waals surface area contributed by atoms with E-state index in [0.29, 0.717) is 18.4 Å². The van der Waals surface area contributed by atoms with Gasteiger partial charge in [-0.2, -0.15) is 0 Å². The number of piperidine rings is 1. The Morgan fingerprint density at radius 2 is 2.53 bits per heavy atom. The number of aryl methyl sites for hydroxylation is 1. The predicted molar refractivity (Wildman–Crippen MR) is 63.3 cm³/mol. The van der Waals surface area contributed by atoms with E-state index < -0.39 is 0 Å². The Balaban J connectivity index is 1.84. The highest BCUT2D eigenvalue weighted by atomic mass is 16.4. The van der Waals surface area contributed by atoms with E-state index in [2.05, 4.69) is 22.5 Å². The van der Waals surface area contributed by atoms with Crippen molar-refractivity contribution < 1.29 is 9.21 Å². The van der Waals surface area contributed by atoms with E-state index in [-0.39, 0.29) is 11.9 Å². The molecule has 1 fully saturated rings. The second-order valence-corrected chi connectivity index (χ2v) is 4.63. The van der Waals surface area contributed by atoms with Crippen molar-refractivity contribution in [2.75, 3.05) is 6.54 Å². The lowest BCUT2D eigenvalue weighted by atomic mass is 9.92. The number of amides is 1. The maximum absolute atomic E-state index is 11.9. The Bertz CT molecular complexity index is 389. The first kappa shape index (κ1) is 12.1. The second-order valence-electron chi connectivity index (χ2n) is 4.63. The fourth-order valence-electron chi connectivity index (χ4n) is 2.16. The van der Waals surface area contributed by atoms with Crippen LogP contribution in [0.2, 0.25) is 0 Å². The van der Waals surface area contributed by atoms with Crippen LogP contribution < -0.4 is 10.6 Å². The van der Waals surface area contributed by atoms with E-state index in [1.165, 1.54) is 0 Å². The van der Waals surface area contributed by atoms with E-state index in [1.54, 1.807) is 6.20 Å². The molecular weight excluding hydrogens is 218 g/mol. The highest BCUT2D eigenvalue weighted by Crippen LogP contribution is 2.15. The van der Waals surface area contributed by atoms with Crippen LogP contribution in [0.5, 0.6) is 0 Å². The van der Waals surface area contributed by atoms with E-state index in [0.717, 1.165) is 25.1 Å². The Morgan fingerprint density at radius 1 is 1.71 bits per heavy atom. The Morgan fingerprint density at radius 3 is 3.18 bits per heavy atom. The number of rotatable bonds is 3. The van der Waals surface area contributed by atoms with Crippen molar-refractivity contribution in [3.05, 3.63) is 17.8 Å². The number of hydrogen-bond donors (Lipinski definition) is 2. The van der Waals surface area contributed by atoms with Gasteiger partial charge in [0.25, 0.3) is 0 Å². The van der Waals surface area contributed by atoms with Crippen LogP contribution in [-0.2, 0) is 11.3 Å². The minimum atomic E-state index is -0.0835. The Hall–Kier alpha value is -1.36. The lowest BCUT2D eigenvalue weighted by Gasteiger charge is -2.28. The van der Waals surface area contributed by atoms with Crippen molar-refractivity contribution in [1.82, 2.24) is 15.6 Å². The Kier molecular flexibility index (Phi) is 3.78. The summed E-state index contributed by atoms with van der Waals surface area (Å²) < 4.78 is 5.30. The molecule has 1 aromatic rings. The van der Waals surface area contributed by atoms with Gasteiger partial charge in [-0.3, -0.25) is 4.79 Å². The molecule has 0 aliphatic carbocycles. The van der Waals surface area contributed by atoms with E-state index in [9.17, 15) is 4.79 Å². The van der Waals surface area contributed by atoms with Crippen LogP contribution >= 0.6 is 0 Å². The summed E-state index contributed by atoms with van der Waals surface area (Å²) in [5, 5.41) is 6.10. The molecule has 1 amide bonds. The topological polar surface area (TPSA) is 67.2 Å². The molecule has 2 rings (SSSR count). The van der Waals surface area contributed by atoms with Crippen molar-refractivity contribution in [2.45, 2.75) is 39.3 Å². The minimum absolute atomic E-state index is 0.0352. The maximum atomic E-state index is 11.9. The molecule has 0 saturated carbocycles. The first-order chi connectivity index (χ1) is 8.16. The summed E-state index contributed by atoms with van der Waals surface area (Å²) in [7, 11) is 0. The molecule has 5 heteroatoms. The average molecular weight is 237 g/mol. The van der Waals surface area contributed by atoms with E-state index in [4.69, 9.17) is 4.42 Å². The molecule has 17 heavy (non-hydrogen) atoms. The lowest BCUT2D eigenvalue weighted by molar-refractivity contribution is -0.125. The smallest absolute Gasteiger partial charge is 0.237 e. The first-order valence-electron chi connectivity index (χ1n) is 6.09. The molecule has 2 heterocycles. The van der Waals surface area contributed by atoms with Gasteiger partial charge in [0.15, 0.2) is 0 Å². The maximum Gasteiger partial charge on any atom is 0.237 e. The highest BCUT2D eigenvalue weighted by Gasteiger charge is 2.27. The number of hydrogen-bond acceptors (Lipinski definition) is 4. The molecule has 2 unspecified atom stereocenters. The van der Waals surface area contributed by atoms with Crippen LogP contribution in [0.1, 0.15) is 31.4 Å². The molecular formula is C12H19N3O2. The number of aromatic nitrogens is 1. The normalized spacial score (nSPS) is 24.6. The van der Waals surface area contributed by atoms with Gasteiger partial charge in [0.1, 0.15) is 5.76 Å². The lowest BCUT2D eigenvalue weighted by Crippen LogP contribution is -2.50. The molecule has 0 spiro atoms. The standard InChI is InChI=1S/C12H19N3O2/c1-8-4-3-5-13-11(8)12(16)15-7-10-14-6-9(2)17-10/h6,8,11,13H,3-5,7H2,1-2H3,(H,15,16). The van der Waals surface area contributed by atoms with Gasteiger partial charge < -0.3 is 15.1 Å². The molecule has 1 saturated heterocycles. The van der Waals surface area contributed by atoms with Gasteiger partial charge >= 0.3 is 0 Å². The van der Waals surface area contributed by atoms with Gasteiger partial charge in [-0.15, -0.1) is 0 Å². The number of oxazole rings is 1. The van der Waals surface area contributed by atoms with Gasteiger partial charge in [-0.05, 0) is 32.2 Å². The summed E-state index contributed by atoms with van der Waals surface area (Å²) in [5.74, 6) is 1.74. The molecule has 2 atom stereocenters. The summed E-state index contributed by atoms with van der Waals surface area (Å²) in [6.45, 7) is 5.22. The van der Waals surface area contributed by atoms with Crippen molar-refractivity contribution in [1.29, 1.82) is 0 Å². The number of nitrogens with zero attached hydrogens (tertiary/aromatic N) is 1. The van der Waals surface area contributed by atoms with Gasteiger partial charge in [-0.1, -0.05) is 6.92 Å². The monoisotopic (exact) mass is 237 g/mol. The van der Waals surface area contributed by atoms with E-state index in [1.807, 2.05) is 6.92 Å². The largest absolute Gasteiger partial charge is 0.444 e. The van der Waals surface area contributed by atoms with Gasteiger partial charge in [0.2, 0.25) is 11.8 Å². The zero-order chi connectivity index (χ0) is 12.3. The van der Waals surface area contributed by atoms with Crippen LogP contribution in [0.4, 0.5) is 0 Å². The molecule has 0 aromatic carbocycles. The Labute approximate surface area is 101 Å². The van der Waals surface area contributed by atoms with Gasteiger partial charge in [0, 0.05) is 0 Å². The zero-order valence-electron chi connectivity index (χ0n) is 10.3. The van der Waals surface area contributed by atoms with Gasteiger partial charge in [-0.25, -0.2) is 4.98 Å². The SMILES string of the molecule is Cc1cnc(CNC(=O)C2NCCCC2C)o1. The van der Waals surface area contributed by atoms with Crippen molar-refractivity contribution in [3.63, 3.8) is 0 Å². The molecule has 1 aliphatic rings. The van der Waals surface area contributed by atoms with Crippen LogP contribution in [0, 0.1) is 12.8 Å². The van der Waals surface area contributed by atoms with Crippen LogP contribution in [-0.4, -0.2) is 23.5 Å². The summed E-state index contributed by atoms with van der Waals surface area (Å²) >= 11 is 0. The quantitative estimate of drug-likeness (QED) is 0.822. The molecule has 1 aromatic heterocycles. The number of carbonyl (C=O) groups excluding carboxylic acids is 1. The first-order valence-corrected chi connectivity index (χ1v) is 6.09. The number of carbonyl (C=O) groups is 1. The zero-order valence-corrected chi connectivity index (χ0v) is 10.3. The number of nitrogens with one attached hydrogen (secondary N) is 2. The molecule has 1 aliphatic heterocycles. The highest BCUT2D eigenvalue weighted by molar-refractivity contribution is 5.82. The van der Waals surface area contributed by atoms with Crippen LogP contribution in [0.25, 0.3) is 0 Å². The van der Waals surface area contributed by atoms with Crippen molar-refractivity contribution in [3.8, 4) is 0 Å². The fourth-order valence-corrected chi connectivity index (χ4v) is 2.16. The molecule has 2 N–H and O–H groups in total. The summed E-state index contributed by atoms with van der Waals surface area (Å²) in [5.41, 5.74) is 0. The fraction of sp³-hybridized carbons (Fsp3) is 0.667. The third-order valence-corrected chi connectivity index (χ3v) is 3.13. The molecule has 94 valence electrons. The van der Waals surface area contributed by atoms with Crippen molar-refractivity contribution in [2.24, 2.45) is 5.92 Å². The van der Waals surface area contributed by atoms with Crippen LogP contribution in [0.15, 0.2) is 10.6 Å². The minimum Gasteiger partial charge on any atom is -0.444 e. The third kappa shape index (κ3) is 3.06. The summed E-state index contributed by atoms with van der Waals surface area (Å²) in [6, 6.07) is -0.0835.